The van der Waals surface area contributed by atoms with Crippen molar-refractivity contribution in [1.29, 1.82) is 0 Å². The van der Waals surface area contributed by atoms with Crippen molar-refractivity contribution in [3.8, 4) is 0 Å². The Hall–Kier alpha value is -1.05. The summed E-state index contributed by atoms with van der Waals surface area (Å²) in [6, 6.07) is -0.000513. The van der Waals surface area contributed by atoms with Gasteiger partial charge in [0.25, 0.3) is 0 Å². The number of fused-ring (bicyclic) bond motifs is 1. The summed E-state index contributed by atoms with van der Waals surface area (Å²) in [4.78, 5) is 0.880. The zero-order valence-corrected chi connectivity index (χ0v) is 13.1. The predicted molar refractivity (Wildman–Crippen MR) is 80.6 cm³/mol. The predicted octanol–water partition coefficient (Wildman–Crippen LogP) is 1.85. The molecule has 0 radical (unpaired) electrons. The quantitative estimate of drug-likeness (QED) is 0.916. The highest BCUT2D eigenvalue weighted by Crippen LogP contribution is 2.36. The van der Waals surface area contributed by atoms with Crippen LogP contribution in [0, 0.1) is 0 Å². The first-order valence-corrected chi connectivity index (χ1v) is 8.56. The Kier molecular flexibility index (Phi) is 3.24. The molecule has 7 heteroatoms. The molecule has 1 aliphatic carbocycles. The molecule has 2 fully saturated rings. The lowest BCUT2D eigenvalue weighted by Crippen LogP contribution is -2.41. The largest absolute Gasteiger partial charge is 0.379 e. The Morgan fingerprint density at radius 2 is 2.10 bits per heavy atom. The number of ether oxygens (including phenoxy) is 1. The second kappa shape index (κ2) is 5.00. The second-order valence-corrected chi connectivity index (χ2v) is 7.49. The molecule has 1 saturated carbocycles. The highest BCUT2D eigenvalue weighted by atomic mass is 32.1. The van der Waals surface area contributed by atoms with Crippen LogP contribution in [0.4, 0.5) is 0 Å². The van der Waals surface area contributed by atoms with E-state index in [0.717, 1.165) is 15.8 Å². The molecular formula is C14H21N5OS. The van der Waals surface area contributed by atoms with Crippen molar-refractivity contribution in [3.63, 3.8) is 0 Å². The van der Waals surface area contributed by atoms with Gasteiger partial charge in [-0.25, -0.2) is 0 Å². The van der Waals surface area contributed by atoms with Crippen molar-refractivity contribution < 1.29 is 4.74 Å². The lowest BCUT2D eigenvalue weighted by Gasteiger charge is -2.23. The van der Waals surface area contributed by atoms with Gasteiger partial charge in [0.05, 0.1) is 18.6 Å². The minimum Gasteiger partial charge on any atom is -0.379 e. The van der Waals surface area contributed by atoms with E-state index in [0.29, 0.717) is 19.1 Å². The number of hydrogen-bond donors (Lipinski definition) is 1. The van der Waals surface area contributed by atoms with Crippen LogP contribution in [0.3, 0.4) is 0 Å². The Bertz CT molecular complexity index is 647. The van der Waals surface area contributed by atoms with Gasteiger partial charge in [-0.2, -0.15) is 9.61 Å². The molecule has 114 valence electrons. The third-order valence-electron chi connectivity index (χ3n) is 4.99. The second-order valence-electron chi connectivity index (χ2n) is 6.53. The molecule has 1 saturated heterocycles. The molecule has 6 nitrogen and oxygen atoms in total. The van der Waals surface area contributed by atoms with Gasteiger partial charge in [-0.05, 0) is 19.8 Å². The summed E-state index contributed by atoms with van der Waals surface area (Å²) in [6.45, 7) is 3.37. The molecule has 0 amide bonds. The van der Waals surface area contributed by atoms with E-state index in [9.17, 15) is 0 Å². The summed E-state index contributed by atoms with van der Waals surface area (Å²) < 4.78 is 7.49. The van der Waals surface area contributed by atoms with E-state index in [-0.39, 0.29) is 11.5 Å². The van der Waals surface area contributed by atoms with Crippen LogP contribution in [0.2, 0.25) is 0 Å². The smallest absolute Gasteiger partial charge is 0.234 e. The molecule has 1 aliphatic heterocycles. The van der Waals surface area contributed by atoms with E-state index < -0.39 is 0 Å². The molecule has 2 unspecified atom stereocenters. The maximum Gasteiger partial charge on any atom is 0.234 e. The summed E-state index contributed by atoms with van der Waals surface area (Å²) in [5, 5.41) is 14.5. The third-order valence-corrected chi connectivity index (χ3v) is 6.17. The summed E-state index contributed by atoms with van der Waals surface area (Å²) >= 11 is 1.60. The summed E-state index contributed by atoms with van der Waals surface area (Å²) in [7, 11) is 0. The lowest BCUT2D eigenvalue weighted by molar-refractivity contribution is 0.179. The molecule has 2 aromatic rings. The number of aromatic nitrogens is 4. The Morgan fingerprint density at radius 1 is 1.29 bits per heavy atom. The zero-order chi connectivity index (χ0) is 14.4. The van der Waals surface area contributed by atoms with Crippen LogP contribution in [0.15, 0.2) is 0 Å². The molecule has 4 rings (SSSR count). The van der Waals surface area contributed by atoms with Crippen LogP contribution in [0.25, 0.3) is 4.96 Å². The van der Waals surface area contributed by atoms with Crippen LogP contribution in [-0.4, -0.2) is 39.1 Å². The van der Waals surface area contributed by atoms with E-state index in [1.807, 2.05) is 4.52 Å². The van der Waals surface area contributed by atoms with Gasteiger partial charge in [0.2, 0.25) is 4.96 Å². The fourth-order valence-corrected chi connectivity index (χ4v) is 4.43. The van der Waals surface area contributed by atoms with Crippen molar-refractivity contribution in [2.24, 2.45) is 5.73 Å². The van der Waals surface area contributed by atoms with Gasteiger partial charge < -0.3 is 10.5 Å². The minimum absolute atomic E-state index is 0.000513. The molecule has 2 N–H and O–H groups in total. The summed E-state index contributed by atoms with van der Waals surface area (Å²) in [5.41, 5.74) is 6.01. The fraction of sp³-hybridized carbons (Fsp3) is 0.786. The van der Waals surface area contributed by atoms with Crippen LogP contribution in [-0.2, 0) is 10.2 Å². The maximum atomic E-state index is 6.21. The highest BCUT2D eigenvalue weighted by molar-refractivity contribution is 7.16. The highest BCUT2D eigenvalue weighted by Gasteiger charge is 2.42. The monoisotopic (exact) mass is 307 g/mol. The zero-order valence-electron chi connectivity index (χ0n) is 12.3. The van der Waals surface area contributed by atoms with E-state index in [1.165, 1.54) is 32.1 Å². The van der Waals surface area contributed by atoms with Gasteiger partial charge in [0.1, 0.15) is 5.01 Å². The average Bonchev–Trinajstić information content (AvgIpc) is 3.15. The molecule has 2 atom stereocenters. The van der Waals surface area contributed by atoms with Crippen molar-refractivity contribution >= 4 is 16.3 Å². The first kappa shape index (κ1) is 13.6. The Morgan fingerprint density at radius 3 is 2.81 bits per heavy atom. The summed E-state index contributed by atoms with van der Waals surface area (Å²) in [6.07, 6.45) is 6.31. The van der Waals surface area contributed by atoms with Crippen LogP contribution in [0.1, 0.15) is 55.8 Å². The van der Waals surface area contributed by atoms with Gasteiger partial charge in [0, 0.05) is 12.0 Å². The average molecular weight is 307 g/mol. The van der Waals surface area contributed by atoms with Crippen molar-refractivity contribution in [2.45, 2.75) is 56.4 Å². The molecular weight excluding hydrogens is 286 g/mol. The van der Waals surface area contributed by atoms with Crippen molar-refractivity contribution in [3.05, 3.63) is 10.8 Å². The van der Waals surface area contributed by atoms with Crippen LogP contribution in [0.5, 0.6) is 0 Å². The van der Waals surface area contributed by atoms with Crippen LogP contribution >= 0.6 is 11.3 Å². The molecule has 2 aromatic heterocycles. The van der Waals surface area contributed by atoms with Crippen molar-refractivity contribution in [1.82, 2.24) is 19.8 Å². The molecule has 3 heterocycles. The van der Waals surface area contributed by atoms with Gasteiger partial charge in [0.15, 0.2) is 5.82 Å². The topological polar surface area (TPSA) is 78.3 Å². The van der Waals surface area contributed by atoms with Gasteiger partial charge in [-0.15, -0.1) is 10.2 Å². The Labute approximate surface area is 127 Å². The first-order valence-electron chi connectivity index (χ1n) is 7.74. The molecule has 2 aliphatic rings. The SMILES string of the molecule is CC1(c2nn3c(C4CCCCC4)nnc3s2)COCC1N. The van der Waals surface area contributed by atoms with E-state index >= 15 is 0 Å². The fourth-order valence-electron chi connectivity index (χ4n) is 3.39. The van der Waals surface area contributed by atoms with E-state index in [1.54, 1.807) is 11.3 Å². The van der Waals surface area contributed by atoms with Crippen molar-refractivity contribution in [2.75, 3.05) is 13.2 Å². The number of rotatable bonds is 2. The standard InChI is InChI=1S/C14H21N5OS/c1-14(8-20-7-10(14)15)12-18-19-11(16-17-13(19)21-12)9-5-3-2-4-6-9/h9-10H,2-8,15H2,1H3. The summed E-state index contributed by atoms with van der Waals surface area (Å²) in [5.74, 6) is 1.54. The lowest BCUT2D eigenvalue weighted by atomic mass is 9.87. The molecule has 0 spiro atoms. The minimum atomic E-state index is -0.199. The molecule has 0 bridgehead atoms. The van der Waals surface area contributed by atoms with Crippen LogP contribution < -0.4 is 5.73 Å². The number of nitrogens with two attached hydrogens (primary N) is 1. The molecule has 21 heavy (non-hydrogen) atoms. The number of nitrogens with zero attached hydrogens (tertiary/aromatic N) is 4. The normalized spacial score (nSPS) is 31.2. The van der Waals surface area contributed by atoms with Gasteiger partial charge >= 0.3 is 0 Å². The Balaban J connectivity index is 1.72. The van der Waals surface area contributed by atoms with Gasteiger partial charge in [-0.3, -0.25) is 0 Å². The van der Waals surface area contributed by atoms with E-state index in [4.69, 9.17) is 15.6 Å². The maximum absolute atomic E-state index is 6.21. The van der Waals surface area contributed by atoms with E-state index in [2.05, 4.69) is 17.1 Å². The molecule has 0 aromatic carbocycles. The first-order chi connectivity index (χ1) is 10.2. The van der Waals surface area contributed by atoms with Gasteiger partial charge in [-0.1, -0.05) is 30.6 Å². The number of hydrogen-bond acceptors (Lipinski definition) is 6. The third kappa shape index (κ3) is 2.10.